The summed E-state index contributed by atoms with van der Waals surface area (Å²) in [5, 5.41) is 5.78. The monoisotopic (exact) mass is 400 g/mol. The van der Waals surface area contributed by atoms with Gasteiger partial charge in [-0.1, -0.05) is 13.8 Å². The lowest BCUT2D eigenvalue weighted by molar-refractivity contribution is -0.115. The fraction of sp³-hybridized carbons (Fsp3) is 0.455. The molecule has 0 bridgehead atoms. The highest BCUT2D eigenvalue weighted by molar-refractivity contribution is 6.04. The van der Waals surface area contributed by atoms with Crippen molar-refractivity contribution in [2.45, 2.75) is 34.1 Å². The van der Waals surface area contributed by atoms with Crippen LogP contribution in [0.2, 0.25) is 0 Å². The molecule has 7 heteroatoms. The van der Waals surface area contributed by atoms with Crippen LogP contribution in [0.25, 0.3) is 6.08 Å². The standard InChI is InChI=1S/C22H29FN4O2/c1-5-27(6-2)10-9-24-22(29)20-13(3)19(25-14(20)4)12-17-16-11-15(23)7-8-18(16)26-21(17)28/h7-8,12,16,25H,5-6,9-11H2,1-4H3,(H,24,29)(H,26,28)/b17-12-. The van der Waals surface area contributed by atoms with Gasteiger partial charge in [-0.2, -0.15) is 0 Å². The molecule has 1 fully saturated rings. The second-order valence-corrected chi connectivity index (χ2v) is 7.49. The number of likely N-dealkylation sites (N-methyl/N-ethyl adjacent to an activating group) is 1. The lowest BCUT2D eigenvalue weighted by Crippen LogP contribution is -2.35. The lowest BCUT2D eigenvalue weighted by atomic mass is 9.91. The molecule has 1 aromatic heterocycles. The minimum atomic E-state index is -0.304. The number of allylic oxidation sites excluding steroid dienone is 4. The summed E-state index contributed by atoms with van der Waals surface area (Å²) in [6, 6.07) is 0. The number of halogens is 1. The number of amides is 2. The van der Waals surface area contributed by atoms with Crippen LogP contribution in [0.3, 0.4) is 0 Å². The van der Waals surface area contributed by atoms with Crippen molar-refractivity contribution < 1.29 is 14.0 Å². The third kappa shape index (κ3) is 4.34. The summed E-state index contributed by atoms with van der Waals surface area (Å²) in [4.78, 5) is 30.6. The van der Waals surface area contributed by atoms with Crippen molar-refractivity contribution in [2.75, 3.05) is 26.2 Å². The van der Waals surface area contributed by atoms with Crippen molar-refractivity contribution in [2.24, 2.45) is 5.92 Å². The summed E-state index contributed by atoms with van der Waals surface area (Å²) in [5.41, 5.74) is 4.07. The molecule has 1 aliphatic carbocycles. The largest absolute Gasteiger partial charge is 0.358 e. The van der Waals surface area contributed by atoms with E-state index < -0.39 is 0 Å². The SMILES string of the molecule is CCN(CC)CCNC(=O)c1c(C)[nH]c(/C=C2\C(=O)NC3=CC=C(F)CC32)c1C. The number of carbonyl (C=O) groups is 2. The molecule has 1 unspecified atom stereocenters. The molecule has 156 valence electrons. The van der Waals surface area contributed by atoms with Crippen molar-refractivity contribution in [3.63, 3.8) is 0 Å². The van der Waals surface area contributed by atoms with E-state index in [1.807, 2.05) is 13.8 Å². The van der Waals surface area contributed by atoms with Crippen LogP contribution in [0.4, 0.5) is 4.39 Å². The highest BCUT2D eigenvalue weighted by atomic mass is 19.1. The molecule has 0 spiro atoms. The molecule has 0 saturated carbocycles. The summed E-state index contributed by atoms with van der Waals surface area (Å²) in [6.07, 6.45) is 4.92. The number of rotatable bonds is 7. The number of nitrogens with zero attached hydrogens (tertiary/aromatic N) is 1. The minimum Gasteiger partial charge on any atom is -0.358 e. The maximum absolute atomic E-state index is 13.7. The van der Waals surface area contributed by atoms with Gasteiger partial charge in [0.25, 0.3) is 11.8 Å². The van der Waals surface area contributed by atoms with Gasteiger partial charge in [-0.25, -0.2) is 4.39 Å². The molecule has 1 aromatic rings. The van der Waals surface area contributed by atoms with Crippen molar-refractivity contribution in [3.05, 3.63) is 51.8 Å². The molecule has 1 saturated heterocycles. The molecule has 3 N–H and O–H groups in total. The third-order valence-electron chi connectivity index (χ3n) is 5.72. The zero-order valence-electron chi connectivity index (χ0n) is 17.5. The van der Waals surface area contributed by atoms with Gasteiger partial charge in [0.2, 0.25) is 0 Å². The molecule has 29 heavy (non-hydrogen) atoms. The second-order valence-electron chi connectivity index (χ2n) is 7.49. The average molecular weight is 400 g/mol. The van der Waals surface area contributed by atoms with Crippen LogP contribution in [-0.4, -0.2) is 47.9 Å². The maximum atomic E-state index is 13.7. The number of hydrogen-bond acceptors (Lipinski definition) is 3. The molecule has 1 aliphatic heterocycles. The van der Waals surface area contributed by atoms with Crippen LogP contribution in [0.1, 0.15) is 47.6 Å². The van der Waals surface area contributed by atoms with Gasteiger partial charge in [0.1, 0.15) is 5.83 Å². The Kier molecular flexibility index (Phi) is 6.37. The molecule has 1 atom stereocenters. The van der Waals surface area contributed by atoms with Crippen LogP contribution in [0.15, 0.2) is 29.2 Å². The van der Waals surface area contributed by atoms with E-state index in [1.54, 1.807) is 12.2 Å². The van der Waals surface area contributed by atoms with E-state index in [0.717, 1.165) is 36.6 Å². The first-order valence-electron chi connectivity index (χ1n) is 10.1. The summed E-state index contributed by atoms with van der Waals surface area (Å²) in [7, 11) is 0. The van der Waals surface area contributed by atoms with E-state index in [4.69, 9.17) is 0 Å². The quantitative estimate of drug-likeness (QED) is 0.616. The van der Waals surface area contributed by atoms with Gasteiger partial charge >= 0.3 is 0 Å². The number of fused-ring (bicyclic) bond motifs is 1. The van der Waals surface area contributed by atoms with E-state index in [1.165, 1.54) is 6.08 Å². The van der Waals surface area contributed by atoms with Crippen LogP contribution < -0.4 is 10.6 Å². The summed E-state index contributed by atoms with van der Waals surface area (Å²) in [6.45, 7) is 11.2. The first-order valence-corrected chi connectivity index (χ1v) is 10.1. The Hall–Kier alpha value is -2.67. The predicted octanol–water partition coefficient (Wildman–Crippen LogP) is 2.97. The Balaban J connectivity index is 1.78. The van der Waals surface area contributed by atoms with Gasteiger partial charge in [-0.3, -0.25) is 9.59 Å². The first kappa shape index (κ1) is 21.0. The number of carbonyl (C=O) groups excluding carboxylic acids is 2. The Morgan fingerprint density at radius 1 is 1.31 bits per heavy atom. The Bertz CT molecular complexity index is 906. The number of nitrogens with one attached hydrogen (secondary N) is 3. The average Bonchev–Trinajstić information content (AvgIpc) is 3.14. The van der Waals surface area contributed by atoms with Crippen molar-refractivity contribution in [1.29, 1.82) is 0 Å². The Labute approximate surface area is 170 Å². The normalized spacial score (nSPS) is 19.9. The van der Waals surface area contributed by atoms with Gasteiger partial charge in [0, 0.05) is 48.1 Å². The molecule has 6 nitrogen and oxygen atoms in total. The van der Waals surface area contributed by atoms with Gasteiger partial charge < -0.3 is 20.5 Å². The van der Waals surface area contributed by atoms with E-state index in [9.17, 15) is 14.0 Å². The Morgan fingerprint density at radius 3 is 2.72 bits per heavy atom. The van der Waals surface area contributed by atoms with Gasteiger partial charge in [-0.15, -0.1) is 0 Å². The predicted molar refractivity (Wildman–Crippen MR) is 112 cm³/mol. The number of aromatic nitrogens is 1. The number of aryl methyl sites for hydroxylation is 1. The highest BCUT2D eigenvalue weighted by Crippen LogP contribution is 2.36. The van der Waals surface area contributed by atoms with Crippen LogP contribution in [0.5, 0.6) is 0 Å². The fourth-order valence-electron chi connectivity index (χ4n) is 3.97. The number of H-pyrrole nitrogens is 1. The summed E-state index contributed by atoms with van der Waals surface area (Å²) in [5.74, 6) is -0.895. The molecule has 3 rings (SSSR count). The number of hydrogen-bond donors (Lipinski definition) is 3. The second kappa shape index (κ2) is 8.78. The summed E-state index contributed by atoms with van der Waals surface area (Å²) < 4.78 is 13.7. The van der Waals surface area contributed by atoms with Crippen molar-refractivity contribution >= 4 is 17.9 Å². The van der Waals surface area contributed by atoms with Gasteiger partial charge in [0.15, 0.2) is 0 Å². The maximum Gasteiger partial charge on any atom is 0.253 e. The fourth-order valence-corrected chi connectivity index (χ4v) is 3.97. The van der Waals surface area contributed by atoms with Crippen molar-refractivity contribution in [1.82, 2.24) is 20.5 Å². The lowest BCUT2D eigenvalue weighted by Gasteiger charge is -2.18. The van der Waals surface area contributed by atoms with E-state index in [-0.39, 0.29) is 30.0 Å². The van der Waals surface area contributed by atoms with E-state index in [2.05, 4.69) is 34.4 Å². The number of aromatic amines is 1. The molecule has 2 amide bonds. The van der Waals surface area contributed by atoms with Gasteiger partial charge in [0.05, 0.1) is 5.56 Å². The zero-order valence-corrected chi connectivity index (χ0v) is 17.5. The minimum absolute atomic E-state index is 0.129. The first-order chi connectivity index (χ1) is 13.8. The Morgan fingerprint density at radius 2 is 2.03 bits per heavy atom. The molecule has 0 radical (unpaired) electrons. The van der Waals surface area contributed by atoms with Gasteiger partial charge in [-0.05, 0) is 50.7 Å². The molecule has 2 aliphatic rings. The smallest absolute Gasteiger partial charge is 0.253 e. The molecule has 2 heterocycles. The van der Waals surface area contributed by atoms with Crippen molar-refractivity contribution in [3.8, 4) is 0 Å². The highest BCUT2D eigenvalue weighted by Gasteiger charge is 2.35. The molecular formula is C22H29FN4O2. The zero-order chi connectivity index (χ0) is 21.1. The van der Waals surface area contributed by atoms with Crippen LogP contribution in [0, 0.1) is 19.8 Å². The van der Waals surface area contributed by atoms with Crippen LogP contribution >= 0.6 is 0 Å². The molecular weight excluding hydrogens is 371 g/mol. The third-order valence-corrected chi connectivity index (χ3v) is 5.72. The molecule has 0 aromatic carbocycles. The van der Waals surface area contributed by atoms with Crippen LogP contribution in [-0.2, 0) is 4.79 Å². The summed E-state index contributed by atoms with van der Waals surface area (Å²) >= 11 is 0. The topological polar surface area (TPSA) is 77.2 Å². The van der Waals surface area contributed by atoms with E-state index in [0.29, 0.717) is 23.4 Å². The van der Waals surface area contributed by atoms with E-state index >= 15 is 0 Å².